The second-order valence-corrected chi connectivity index (χ2v) is 6.55. The topological polar surface area (TPSA) is 46.2 Å². The molecule has 1 atom stereocenters. The van der Waals surface area contributed by atoms with Gasteiger partial charge in [-0.25, -0.2) is 8.42 Å². The summed E-state index contributed by atoms with van der Waals surface area (Å²) in [5.41, 5.74) is -0.0353. The molecule has 0 aromatic heterocycles. The molecule has 1 unspecified atom stereocenters. The highest BCUT2D eigenvalue weighted by molar-refractivity contribution is 7.90. The van der Waals surface area contributed by atoms with E-state index in [0.29, 0.717) is 12.4 Å². The zero-order chi connectivity index (χ0) is 11.2. The highest BCUT2D eigenvalue weighted by Crippen LogP contribution is 2.14. The van der Waals surface area contributed by atoms with Crippen molar-refractivity contribution in [3.63, 3.8) is 0 Å². The fourth-order valence-corrected chi connectivity index (χ4v) is 2.03. The van der Waals surface area contributed by atoms with Crippen molar-refractivity contribution >= 4 is 21.4 Å². The number of rotatable bonds is 7. The van der Waals surface area contributed by atoms with Gasteiger partial charge >= 0.3 is 0 Å². The van der Waals surface area contributed by atoms with Crippen molar-refractivity contribution < 1.29 is 8.42 Å². The van der Waals surface area contributed by atoms with Crippen molar-refractivity contribution in [2.45, 2.75) is 32.2 Å². The lowest BCUT2D eigenvalue weighted by molar-refractivity contribution is 0.342. The van der Waals surface area contributed by atoms with Gasteiger partial charge in [-0.05, 0) is 19.8 Å². The molecule has 0 radical (unpaired) electrons. The molecule has 1 N–H and O–H groups in total. The van der Waals surface area contributed by atoms with Crippen molar-refractivity contribution in [2.24, 2.45) is 0 Å². The Bertz CT molecular complexity index is 254. The third-order valence-electron chi connectivity index (χ3n) is 2.45. The summed E-state index contributed by atoms with van der Waals surface area (Å²) in [6, 6.07) is 0. The molecule has 0 heterocycles. The van der Waals surface area contributed by atoms with E-state index in [-0.39, 0.29) is 11.3 Å². The Labute approximate surface area is 92.1 Å². The molecule has 0 fully saturated rings. The molecule has 0 aliphatic carbocycles. The molecule has 5 heteroatoms. The van der Waals surface area contributed by atoms with E-state index in [1.807, 2.05) is 0 Å². The summed E-state index contributed by atoms with van der Waals surface area (Å²) in [5, 5.41) is 3.24. The smallest absolute Gasteiger partial charge is 0.148 e. The Morgan fingerprint density at radius 2 is 2.00 bits per heavy atom. The first-order chi connectivity index (χ1) is 6.33. The molecule has 0 spiro atoms. The van der Waals surface area contributed by atoms with Crippen LogP contribution in [-0.2, 0) is 9.84 Å². The van der Waals surface area contributed by atoms with Crippen LogP contribution in [0, 0.1) is 0 Å². The van der Waals surface area contributed by atoms with Crippen molar-refractivity contribution in [1.82, 2.24) is 5.32 Å². The van der Waals surface area contributed by atoms with Crippen molar-refractivity contribution in [2.75, 3.05) is 24.4 Å². The van der Waals surface area contributed by atoms with Gasteiger partial charge in [-0.15, -0.1) is 11.6 Å². The third kappa shape index (κ3) is 6.62. The van der Waals surface area contributed by atoms with Gasteiger partial charge in [0.15, 0.2) is 0 Å². The predicted octanol–water partition coefficient (Wildman–Crippen LogP) is 1.42. The molecule has 0 bridgehead atoms. The number of alkyl halides is 1. The van der Waals surface area contributed by atoms with Gasteiger partial charge in [-0.1, -0.05) is 6.92 Å². The first-order valence-electron chi connectivity index (χ1n) is 4.82. The van der Waals surface area contributed by atoms with Crippen LogP contribution in [0.2, 0.25) is 0 Å². The van der Waals surface area contributed by atoms with Crippen LogP contribution in [-0.4, -0.2) is 38.4 Å². The minimum Gasteiger partial charge on any atom is -0.310 e. The van der Waals surface area contributed by atoms with E-state index in [1.54, 1.807) is 0 Å². The Balaban J connectivity index is 3.96. The summed E-state index contributed by atoms with van der Waals surface area (Å²) in [7, 11) is -2.87. The van der Waals surface area contributed by atoms with Gasteiger partial charge in [0.1, 0.15) is 9.84 Å². The lowest BCUT2D eigenvalue weighted by Crippen LogP contribution is -2.44. The van der Waals surface area contributed by atoms with Crippen LogP contribution in [0.25, 0.3) is 0 Å². The second kappa shape index (κ2) is 5.93. The number of sulfone groups is 1. The van der Waals surface area contributed by atoms with E-state index in [9.17, 15) is 8.42 Å². The molecule has 14 heavy (non-hydrogen) atoms. The summed E-state index contributed by atoms with van der Waals surface area (Å²) in [6.07, 6.45) is 3.05. The summed E-state index contributed by atoms with van der Waals surface area (Å²) in [6.45, 7) is 4.64. The van der Waals surface area contributed by atoms with E-state index in [2.05, 4.69) is 19.2 Å². The first-order valence-corrected chi connectivity index (χ1v) is 7.41. The molecule has 0 aromatic rings. The van der Waals surface area contributed by atoms with Crippen LogP contribution >= 0.6 is 11.6 Å². The van der Waals surface area contributed by atoms with E-state index in [0.717, 1.165) is 12.8 Å². The highest BCUT2D eigenvalue weighted by atomic mass is 35.5. The summed E-state index contributed by atoms with van der Waals surface area (Å²) in [5.74, 6) is 0.779. The third-order valence-corrected chi connectivity index (χ3v) is 3.59. The van der Waals surface area contributed by atoms with Crippen molar-refractivity contribution in [3.05, 3.63) is 0 Å². The van der Waals surface area contributed by atoms with Gasteiger partial charge in [0, 0.05) is 24.2 Å². The molecule has 0 aliphatic rings. The van der Waals surface area contributed by atoms with Gasteiger partial charge in [0.25, 0.3) is 0 Å². The average molecular weight is 242 g/mol. The molecular formula is C9H20ClNO2S. The molecule has 86 valence electrons. The largest absolute Gasteiger partial charge is 0.310 e. The maximum atomic E-state index is 10.9. The molecule has 0 aliphatic heterocycles. The van der Waals surface area contributed by atoms with E-state index < -0.39 is 9.84 Å². The normalized spacial score (nSPS) is 16.6. The average Bonchev–Trinajstić information content (AvgIpc) is 2.02. The van der Waals surface area contributed by atoms with Gasteiger partial charge in [-0.3, -0.25) is 0 Å². The maximum Gasteiger partial charge on any atom is 0.148 e. The first kappa shape index (κ1) is 14.2. The van der Waals surface area contributed by atoms with Crippen LogP contribution in [0.15, 0.2) is 0 Å². The van der Waals surface area contributed by atoms with E-state index in [1.165, 1.54) is 6.26 Å². The number of hydrogen-bond acceptors (Lipinski definition) is 3. The Hall–Kier alpha value is 0.200. The van der Waals surface area contributed by atoms with E-state index in [4.69, 9.17) is 11.6 Å². The molecule has 0 saturated carbocycles. The summed E-state index contributed by atoms with van der Waals surface area (Å²) >= 11 is 5.68. The van der Waals surface area contributed by atoms with Gasteiger partial charge < -0.3 is 5.32 Å². The molecule has 0 rings (SSSR count). The van der Waals surface area contributed by atoms with E-state index >= 15 is 0 Å². The Morgan fingerprint density at radius 1 is 1.43 bits per heavy atom. The lowest BCUT2D eigenvalue weighted by atomic mass is 9.96. The predicted molar refractivity (Wildman–Crippen MR) is 61.7 cm³/mol. The fourth-order valence-electron chi connectivity index (χ4n) is 1.14. The van der Waals surface area contributed by atoms with Crippen molar-refractivity contribution in [1.29, 1.82) is 0 Å². The summed E-state index contributed by atoms with van der Waals surface area (Å²) < 4.78 is 21.8. The number of hydrogen-bond donors (Lipinski definition) is 1. The Kier molecular flexibility index (Phi) is 6.02. The fraction of sp³-hybridized carbons (Fsp3) is 1.00. The number of halogens is 1. The molecule has 3 nitrogen and oxygen atoms in total. The van der Waals surface area contributed by atoms with Crippen LogP contribution in [0.3, 0.4) is 0 Å². The number of nitrogens with one attached hydrogen (secondary N) is 1. The second-order valence-electron chi connectivity index (χ2n) is 3.91. The van der Waals surface area contributed by atoms with Crippen LogP contribution < -0.4 is 5.32 Å². The van der Waals surface area contributed by atoms with Crippen molar-refractivity contribution in [3.8, 4) is 0 Å². The van der Waals surface area contributed by atoms with Gasteiger partial charge in [0.05, 0.1) is 5.75 Å². The quantitative estimate of drug-likeness (QED) is 0.686. The highest BCUT2D eigenvalue weighted by Gasteiger charge is 2.20. The SMILES string of the molecule is CCC(C)(CCCl)NCCS(C)(=O)=O. The van der Waals surface area contributed by atoms with Crippen LogP contribution in [0.5, 0.6) is 0 Å². The van der Waals surface area contributed by atoms with Crippen LogP contribution in [0.4, 0.5) is 0 Å². The molecule has 0 saturated heterocycles. The maximum absolute atomic E-state index is 10.9. The lowest BCUT2D eigenvalue weighted by Gasteiger charge is -2.28. The zero-order valence-corrected chi connectivity index (χ0v) is 10.7. The monoisotopic (exact) mass is 241 g/mol. The standard InChI is InChI=1S/C9H20ClNO2S/c1-4-9(2,5-6-10)11-7-8-14(3,12)13/h11H,4-8H2,1-3H3. The minimum atomic E-state index is -2.87. The Morgan fingerprint density at radius 3 is 2.36 bits per heavy atom. The van der Waals surface area contributed by atoms with Gasteiger partial charge in [0.2, 0.25) is 0 Å². The molecule has 0 aromatic carbocycles. The zero-order valence-electron chi connectivity index (χ0n) is 9.14. The molecular weight excluding hydrogens is 222 g/mol. The van der Waals surface area contributed by atoms with Crippen LogP contribution in [0.1, 0.15) is 26.7 Å². The van der Waals surface area contributed by atoms with Gasteiger partial charge in [-0.2, -0.15) is 0 Å². The minimum absolute atomic E-state index is 0.0353. The summed E-state index contributed by atoms with van der Waals surface area (Å²) in [4.78, 5) is 0. The molecule has 0 amide bonds.